The highest BCUT2D eigenvalue weighted by atomic mass is 32.2. The van der Waals surface area contributed by atoms with Gasteiger partial charge in [0, 0.05) is 11.4 Å². The number of hydrogen-bond acceptors (Lipinski definition) is 7. The van der Waals surface area contributed by atoms with Crippen molar-refractivity contribution in [2.75, 3.05) is 25.7 Å². The number of para-hydroxylation sites is 1. The monoisotopic (exact) mass is 382 g/mol. The van der Waals surface area contributed by atoms with Gasteiger partial charge in [0.05, 0.1) is 31.3 Å². The molecule has 3 rings (SSSR count). The predicted octanol–water partition coefficient (Wildman–Crippen LogP) is 1.74. The lowest BCUT2D eigenvalue weighted by Gasteiger charge is -2.11. The number of aromatic nitrogens is 1. The molecule has 7 nitrogen and oxygen atoms in total. The molecule has 1 fully saturated rings. The maximum absolute atomic E-state index is 12.3. The number of sulfone groups is 1. The minimum atomic E-state index is -3.04. The van der Waals surface area contributed by atoms with Gasteiger partial charge in [-0.25, -0.2) is 13.4 Å². The molecule has 0 spiro atoms. The molecule has 1 atom stereocenters. The van der Waals surface area contributed by atoms with Crippen LogP contribution in [0, 0.1) is 0 Å². The van der Waals surface area contributed by atoms with Gasteiger partial charge in [0.15, 0.2) is 21.3 Å². The van der Waals surface area contributed by atoms with Gasteiger partial charge >= 0.3 is 0 Å². The second-order valence-corrected chi connectivity index (χ2v) is 8.74. The van der Waals surface area contributed by atoms with Gasteiger partial charge in [0.1, 0.15) is 10.7 Å². The number of ether oxygens (including phenoxy) is 2. The largest absolute Gasteiger partial charge is 0.493 e. The zero-order chi connectivity index (χ0) is 18.0. The number of thiazole rings is 1. The van der Waals surface area contributed by atoms with Crippen molar-refractivity contribution in [3.05, 3.63) is 29.3 Å². The molecule has 0 aliphatic carbocycles. The van der Waals surface area contributed by atoms with Crippen molar-refractivity contribution in [3.8, 4) is 22.1 Å². The van der Waals surface area contributed by atoms with E-state index in [0.717, 1.165) is 5.56 Å². The zero-order valence-corrected chi connectivity index (χ0v) is 15.4. The van der Waals surface area contributed by atoms with Crippen molar-refractivity contribution in [2.24, 2.45) is 0 Å². The Balaban J connectivity index is 1.80. The summed E-state index contributed by atoms with van der Waals surface area (Å²) >= 11 is 1.31. The van der Waals surface area contributed by atoms with Crippen LogP contribution in [0.1, 0.15) is 16.9 Å². The van der Waals surface area contributed by atoms with Crippen LogP contribution < -0.4 is 14.8 Å². The molecule has 1 aliphatic rings. The average Bonchev–Trinajstić information content (AvgIpc) is 3.20. The SMILES string of the molecule is COc1cccc(-c2nc(C(=O)N[C@H]3CCS(=O)(=O)C3)cs2)c1OC. The van der Waals surface area contributed by atoms with E-state index >= 15 is 0 Å². The number of rotatable bonds is 5. The van der Waals surface area contributed by atoms with Crippen molar-refractivity contribution in [1.82, 2.24) is 10.3 Å². The molecule has 1 saturated heterocycles. The van der Waals surface area contributed by atoms with E-state index in [-0.39, 0.29) is 29.1 Å². The second-order valence-electron chi connectivity index (χ2n) is 5.65. The van der Waals surface area contributed by atoms with Gasteiger partial charge in [-0.3, -0.25) is 4.79 Å². The highest BCUT2D eigenvalue weighted by Crippen LogP contribution is 2.38. The third-order valence-electron chi connectivity index (χ3n) is 3.94. The molecule has 2 aromatic rings. The summed E-state index contributed by atoms with van der Waals surface area (Å²) in [5, 5.41) is 5.01. The van der Waals surface area contributed by atoms with Gasteiger partial charge in [-0.05, 0) is 18.6 Å². The first-order chi connectivity index (χ1) is 11.9. The Bertz CT molecular complexity index is 892. The number of carbonyl (C=O) groups is 1. The van der Waals surface area contributed by atoms with Gasteiger partial charge in [-0.2, -0.15) is 0 Å². The molecule has 0 bridgehead atoms. The third-order valence-corrected chi connectivity index (χ3v) is 6.58. The molecule has 1 aromatic carbocycles. The first-order valence-corrected chi connectivity index (χ1v) is 10.3. The summed E-state index contributed by atoms with van der Waals surface area (Å²) in [6, 6.07) is 5.09. The van der Waals surface area contributed by atoms with Crippen molar-refractivity contribution in [3.63, 3.8) is 0 Å². The fourth-order valence-corrected chi connectivity index (χ4v) is 5.22. The highest BCUT2D eigenvalue weighted by Gasteiger charge is 2.29. The van der Waals surface area contributed by atoms with Crippen molar-refractivity contribution >= 4 is 27.1 Å². The lowest BCUT2D eigenvalue weighted by molar-refractivity contribution is 0.0937. The van der Waals surface area contributed by atoms with Crippen LogP contribution in [0.5, 0.6) is 11.5 Å². The lowest BCUT2D eigenvalue weighted by atomic mass is 10.2. The molecule has 0 saturated carbocycles. The first kappa shape index (κ1) is 17.7. The molecule has 25 heavy (non-hydrogen) atoms. The van der Waals surface area contributed by atoms with Gasteiger partial charge in [-0.15, -0.1) is 11.3 Å². The molecule has 1 amide bonds. The Morgan fingerprint density at radius 1 is 1.32 bits per heavy atom. The van der Waals surface area contributed by atoms with Crippen LogP contribution >= 0.6 is 11.3 Å². The van der Waals surface area contributed by atoms with Gasteiger partial charge < -0.3 is 14.8 Å². The maximum atomic E-state index is 12.3. The molecule has 1 aromatic heterocycles. The zero-order valence-electron chi connectivity index (χ0n) is 13.8. The standard InChI is InChI=1S/C16H18N2O5S2/c1-22-13-5-3-4-11(14(13)23-2)16-18-12(8-24-16)15(19)17-10-6-7-25(20,21)9-10/h3-5,8,10H,6-7,9H2,1-2H3,(H,17,19)/t10-/m0/s1. The normalized spacial score (nSPS) is 18.7. The van der Waals surface area contributed by atoms with E-state index in [2.05, 4.69) is 10.3 Å². The van der Waals surface area contributed by atoms with Crippen LogP contribution in [0.4, 0.5) is 0 Å². The minimum absolute atomic E-state index is 0.0144. The second kappa shape index (κ2) is 7.01. The van der Waals surface area contributed by atoms with E-state index in [4.69, 9.17) is 9.47 Å². The van der Waals surface area contributed by atoms with Gasteiger partial charge in [-0.1, -0.05) is 6.07 Å². The van der Waals surface area contributed by atoms with E-state index in [1.807, 2.05) is 12.1 Å². The number of carbonyl (C=O) groups excluding carboxylic acids is 1. The van der Waals surface area contributed by atoms with Crippen molar-refractivity contribution in [2.45, 2.75) is 12.5 Å². The summed E-state index contributed by atoms with van der Waals surface area (Å²) in [7, 11) is 0.0576. The molecular formula is C16H18N2O5S2. The Hall–Kier alpha value is -2.13. The average molecular weight is 382 g/mol. The third kappa shape index (κ3) is 3.77. The number of nitrogens with one attached hydrogen (secondary N) is 1. The summed E-state index contributed by atoms with van der Waals surface area (Å²) in [6.07, 6.45) is 0.439. The molecular weight excluding hydrogens is 364 g/mol. The van der Waals surface area contributed by atoms with Crippen LogP contribution in [-0.4, -0.2) is 51.1 Å². The number of hydrogen-bond donors (Lipinski definition) is 1. The van der Waals surface area contributed by atoms with Crippen LogP contribution in [0.25, 0.3) is 10.6 Å². The lowest BCUT2D eigenvalue weighted by Crippen LogP contribution is -2.35. The Kier molecular flexibility index (Phi) is 4.96. The Labute approximate surface area is 149 Å². The fraction of sp³-hybridized carbons (Fsp3) is 0.375. The van der Waals surface area contributed by atoms with Crippen molar-refractivity contribution in [1.29, 1.82) is 0 Å². The minimum Gasteiger partial charge on any atom is -0.493 e. The van der Waals surface area contributed by atoms with E-state index in [1.165, 1.54) is 11.3 Å². The van der Waals surface area contributed by atoms with Crippen LogP contribution in [-0.2, 0) is 9.84 Å². The van der Waals surface area contributed by atoms with E-state index in [1.54, 1.807) is 25.7 Å². The molecule has 9 heteroatoms. The van der Waals surface area contributed by atoms with Gasteiger partial charge in [0.25, 0.3) is 5.91 Å². The summed E-state index contributed by atoms with van der Waals surface area (Å²) in [6.45, 7) is 0. The fourth-order valence-electron chi connectivity index (χ4n) is 2.73. The van der Waals surface area contributed by atoms with Crippen LogP contribution in [0.2, 0.25) is 0 Å². The number of nitrogens with zero attached hydrogens (tertiary/aromatic N) is 1. The van der Waals surface area contributed by atoms with E-state index in [9.17, 15) is 13.2 Å². The summed E-state index contributed by atoms with van der Waals surface area (Å²) in [5.41, 5.74) is 0.989. The smallest absolute Gasteiger partial charge is 0.271 e. The molecule has 1 aliphatic heterocycles. The number of amides is 1. The van der Waals surface area contributed by atoms with Crippen molar-refractivity contribution < 1.29 is 22.7 Å². The topological polar surface area (TPSA) is 94.6 Å². The predicted molar refractivity (Wildman–Crippen MR) is 95.2 cm³/mol. The number of methoxy groups -OCH3 is 2. The molecule has 0 unspecified atom stereocenters. The highest BCUT2D eigenvalue weighted by molar-refractivity contribution is 7.91. The van der Waals surface area contributed by atoms with Crippen LogP contribution in [0.15, 0.2) is 23.6 Å². The number of benzene rings is 1. The summed E-state index contributed by atoms with van der Waals surface area (Å²) in [5.74, 6) is 0.859. The maximum Gasteiger partial charge on any atom is 0.271 e. The van der Waals surface area contributed by atoms with E-state index in [0.29, 0.717) is 22.9 Å². The Morgan fingerprint density at radius 2 is 2.12 bits per heavy atom. The molecule has 1 N–H and O–H groups in total. The first-order valence-electron chi connectivity index (χ1n) is 7.61. The van der Waals surface area contributed by atoms with Crippen LogP contribution in [0.3, 0.4) is 0 Å². The quantitative estimate of drug-likeness (QED) is 0.847. The molecule has 134 valence electrons. The summed E-state index contributed by atoms with van der Waals surface area (Å²) < 4.78 is 33.6. The summed E-state index contributed by atoms with van der Waals surface area (Å²) in [4.78, 5) is 16.7. The molecule has 0 radical (unpaired) electrons. The van der Waals surface area contributed by atoms with E-state index < -0.39 is 9.84 Å². The van der Waals surface area contributed by atoms with Gasteiger partial charge in [0.2, 0.25) is 0 Å². The molecule has 2 heterocycles. The Morgan fingerprint density at radius 3 is 2.76 bits per heavy atom.